The Hall–Kier alpha value is -4.68. The molecular weight excluding hydrogens is 456 g/mol. The van der Waals surface area contributed by atoms with Crippen LogP contribution in [0.4, 0.5) is 0 Å². The standard InChI is InChI=1S/C38H28/c1-25-10-9-11-26(2)36(25)28-19-21-29(22-20-28)37-32-14-5-7-16-34(32)38(35-17-8-6-15-33(35)37)31-23-18-27-12-3-4-13-30(27)24-31/h3-24H,1-2H3. The van der Waals surface area contributed by atoms with Crippen LogP contribution in [0.25, 0.3) is 65.7 Å². The van der Waals surface area contributed by atoms with Crippen molar-refractivity contribution in [2.45, 2.75) is 13.8 Å². The van der Waals surface area contributed by atoms with Crippen molar-refractivity contribution < 1.29 is 0 Å². The van der Waals surface area contributed by atoms with Gasteiger partial charge in [0.25, 0.3) is 0 Å². The Morgan fingerprint density at radius 3 is 1.29 bits per heavy atom. The third kappa shape index (κ3) is 3.61. The first kappa shape index (κ1) is 22.5. The normalized spacial score (nSPS) is 11.4. The molecule has 0 fully saturated rings. The van der Waals surface area contributed by atoms with Gasteiger partial charge in [0.05, 0.1) is 0 Å². The van der Waals surface area contributed by atoms with E-state index in [2.05, 4.69) is 147 Å². The molecule has 180 valence electrons. The lowest BCUT2D eigenvalue weighted by atomic mass is 9.85. The van der Waals surface area contributed by atoms with E-state index in [9.17, 15) is 0 Å². The second-order valence-corrected chi connectivity index (χ2v) is 10.2. The smallest absolute Gasteiger partial charge is 0.00262 e. The van der Waals surface area contributed by atoms with E-state index in [-0.39, 0.29) is 0 Å². The lowest BCUT2D eigenvalue weighted by Crippen LogP contribution is -1.91. The first-order chi connectivity index (χ1) is 18.7. The lowest BCUT2D eigenvalue weighted by Gasteiger charge is -2.18. The summed E-state index contributed by atoms with van der Waals surface area (Å²) in [5.74, 6) is 0. The van der Waals surface area contributed by atoms with Crippen LogP contribution in [0.15, 0.2) is 133 Å². The molecule has 0 saturated heterocycles. The third-order valence-electron chi connectivity index (χ3n) is 7.91. The van der Waals surface area contributed by atoms with Crippen LogP contribution < -0.4 is 0 Å². The van der Waals surface area contributed by atoms with Crippen LogP contribution in [0.5, 0.6) is 0 Å². The van der Waals surface area contributed by atoms with E-state index in [0.717, 1.165) is 0 Å². The van der Waals surface area contributed by atoms with Crippen molar-refractivity contribution >= 4 is 32.3 Å². The van der Waals surface area contributed by atoms with Crippen molar-refractivity contribution in [2.75, 3.05) is 0 Å². The van der Waals surface area contributed by atoms with Gasteiger partial charge in [-0.25, -0.2) is 0 Å². The number of fused-ring (bicyclic) bond motifs is 3. The second kappa shape index (κ2) is 9.01. The minimum atomic E-state index is 1.25. The maximum Gasteiger partial charge on any atom is -0.00262 e. The van der Waals surface area contributed by atoms with Crippen molar-refractivity contribution in [1.29, 1.82) is 0 Å². The average Bonchev–Trinajstić information content (AvgIpc) is 2.96. The van der Waals surface area contributed by atoms with Crippen LogP contribution in [-0.2, 0) is 0 Å². The highest BCUT2D eigenvalue weighted by Crippen LogP contribution is 2.44. The fourth-order valence-electron chi connectivity index (χ4n) is 6.17. The molecule has 0 aliphatic carbocycles. The predicted octanol–water partition coefficient (Wildman–Crippen LogP) is 10.8. The highest BCUT2D eigenvalue weighted by Gasteiger charge is 2.17. The zero-order valence-corrected chi connectivity index (χ0v) is 21.7. The van der Waals surface area contributed by atoms with Crippen molar-refractivity contribution in [3.05, 3.63) is 145 Å². The van der Waals surface area contributed by atoms with Gasteiger partial charge in [0.2, 0.25) is 0 Å². The fourth-order valence-corrected chi connectivity index (χ4v) is 6.17. The number of hydrogen-bond acceptors (Lipinski definition) is 0. The van der Waals surface area contributed by atoms with E-state index in [1.807, 2.05) is 0 Å². The molecule has 0 radical (unpaired) electrons. The van der Waals surface area contributed by atoms with Crippen LogP contribution in [0.1, 0.15) is 11.1 Å². The molecule has 0 aliphatic heterocycles. The minimum absolute atomic E-state index is 1.25. The van der Waals surface area contributed by atoms with Crippen molar-refractivity contribution in [3.8, 4) is 33.4 Å². The maximum absolute atomic E-state index is 2.34. The van der Waals surface area contributed by atoms with Gasteiger partial charge in [0.1, 0.15) is 0 Å². The molecule has 0 heterocycles. The Bertz CT molecular complexity index is 1900. The van der Waals surface area contributed by atoms with Crippen LogP contribution in [0.3, 0.4) is 0 Å². The predicted molar refractivity (Wildman–Crippen MR) is 165 cm³/mol. The summed E-state index contributed by atoms with van der Waals surface area (Å²) in [6, 6.07) is 48.9. The first-order valence-corrected chi connectivity index (χ1v) is 13.3. The summed E-state index contributed by atoms with van der Waals surface area (Å²) in [7, 11) is 0. The highest BCUT2D eigenvalue weighted by atomic mass is 14.2. The molecule has 0 amide bonds. The van der Waals surface area contributed by atoms with Gasteiger partial charge in [-0.3, -0.25) is 0 Å². The molecule has 0 saturated carbocycles. The fraction of sp³-hybridized carbons (Fsp3) is 0.0526. The summed E-state index contributed by atoms with van der Waals surface area (Å²) in [4.78, 5) is 0. The van der Waals surface area contributed by atoms with Crippen LogP contribution >= 0.6 is 0 Å². The van der Waals surface area contributed by atoms with E-state index in [0.29, 0.717) is 0 Å². The van der Waals surface area contributed by atoms with Gasteiger partial charge in [-0.15, -0.1) is 0 Å². The van der Waals surface area contributed by atoms with Gasteiger partial charge in [-0.2, -0.15) is 0 Å². The van der Waals surface area contributed by atoms with Gasteiger partial charge < -0.3 is 0 Å². The number of hydrogen-bond donors (Lipinski definition) is 0. The van der Waals surface area contributed by atoms with Gasteiger partial charge in [-0.05, 0) is 96.7 Å². The summed E-state index contributed by atoms with van der Waals surface area (Å²) >= 11 is 0. The van der Waals surface area contributed by atoms with E-state index in [4.69, 9.17) is 0 Å². The highest BCUT2D eigenvalue weighted by molar-refractivity contribution is 6.21. The third-order valence-corrected chi connectivity index (χ3v) is 7.91. The quantitative estimate of drug-likeness (QED) is 0.219. The van der Waals surface area contributed by atoms with E-state index >= 15 is 0 Å². The first-order valence-electron chi connectivity index (χ1n) is 13.3. The van der Waals surface area contributed by atoms with Crippen LogP contribution in [0.2, 0.25) is 0 Å². The Kier molecular flexibility index (Phi) is 5.34. The monoisotopic (exact) mass is 484 g/mol. The number of rotatable bonds is 3. The zero-order valence-electron chi connectivity index (χ0n) is 21.7. The molecule has 0 aromatic heterocycles. The van der Waals surface area contributed by atoms with E-state index in [1.54, 1.807) is 0 Å². The SMILES string of the molecule is Cc1cccc(C)c1-c1ccc(-c2c3ccccc3c(-c3ccc4ccccc4c3)c3ccccc23)cc1. The average molecular weight is 485 g/mol. The maximum atomic E-state index is 2.34. The molecule has 0 nitrogen and oxygen atoms in total. The molecule has 7 rings (SSSR count). The van der Waals surface area contributed by atoms with Gasteiger partial charge in [-0.1, -0.05) is 127 Å². The summed E-state index contributed by atoms with van der Waals surface area (Å²) in [6.07, 6.45) is 0. The number of aryl methyl sites for hydroxylation is 2. The molecule has 7 aromatic carbocycles. The molecule has 0 atom stereocenters. The Morgan fingerprint density at radius 1 is 0.316 bits per heavy atom. The van der Waals surface area contributed by atoms with Crippen molar-refractivity contribution in [2.24, 2.45) is 0 Å². The molecule has 0 heteroatoms. The summed E-state index contributed by atoms with van der Waals surface area (Å²) in [5, 5.41) is 7.68. The minimum Gasteiger partial charge on any atom is -0.0617 e. The van der Waals surface area contributed by atoms with Gasteiger partial charge in [0, 0.05) is 0 Å². The molecule has 0 spiro atoms. The zero-order chi connectivity index (χ0) is 25.6. The molecule has 0 N–H and O–H groups in total. The molecule has 0 bridgehead atoms. The molecule has 7 aromatic rings. The van der Waals surface area contributed by atoms with Crippen molar-refractivity contribution in [3.63, 3.8) is 0 Å². The van der Waals surface area contributed by atoms with Crippen LogP contribution in [0, 0.1) is 13.8 Å². The topological polar surface area (TPSA) is 0 Å². The van der Waals surface area contributed by atoms with Gasteiger partial charge >= 0.3 is 0 Å². The molecular formula is C38H28. The Labute approximate surface area is 223 Å². The Balaban J connectivity index is 1.49. The molecule has 0 unspecified atom stereocenters. The molecule has 0 aliphatic rings. The summed E-state index contributed by atoms with van der Waals surface area (Å²) < 4.78 is 0. The second-order valence-electron chi connectivity index (χ2n) is 10.2. The van der Waals surface area contributed by atoms with E-state index in [1.165, 1.54) is 76.8 Å². The largest absolute Gasteiger partial charge is 0.0617 e. The summed E-state index contributed by atoms with van der Waals surface area (Å²) in [5.41, 5.74) is 10.3. The Morgan fingerprint density at radius 2 is 0.737 bits per heavy atom. The van der Waals surface area contributed by atoms with Crippen LogP contribution in [-0.4, -0.2) is 0 Å². The van der Waals surface area contributed by atoms with Crippen molar-refractivity contribution in [1.82, 2.24) is 0 Å². The van der Waals surface area contributed by atoms with Gasteiger partial charge in [0.15, 0.2) is 0 Å². The molecule has 38 heavy (non-hydrogen) atoms. The number of benzene rings is 7. The lowest BCUT2D eigenvalue weighted by molar-refractivity contribution is 1.38. The summed E-state index contributed by atoms with van der Waals surface area (Å²) in [6.45, 7) is 4.39. The van der Waals surface area contributed by atoms with E-state index < -0.39 is 0 Å².